The Morgan fingerprint density at radius 3 is 1.54 bits per heavy atom. The zero-order chi connectivity index (χ0) is 50.5. The number of Topliss-reactive ketones (excluding diaryl/α,β-unsaturated/α-hetero) is 2. The van der Waals surface area contributed by atoms with Crippen LogP contribution in [-0.2, 0) is 16.0 Å². The summed E-state index contributed by atoms with van der Waals surface area (Å²) in [4.78, 5) is 62.2. The van der Waals surface area contributed by atoms with Gasteiger partial charge >= 0.3 is 0 Å². The third-order valence-electron chi connectivity index (χ3n) is 10.9. The van der Waals surface area contributed by atoms with Crippen molar-refractivity contribution in [3.8, 4) is 0 Å². The fourth-order valence-electron chi connectivity index (χ4n) is 7.36. The van der Waals surface area contributed by atoms with Crippen molar-refractivity contribution in [2.24, 2.45) is 0 Å². The van der Waals surface area contributed by atoms with Gasteiger partial charge in [0.25, 0.3) is 16.9 Å². The summed E-state index contributed by atoms with van der Waals surface area (Å²) in [5.41, 5.74) is 4.73. The summed E-state index contributed by atoms with van der Waals surface area (Å²) in [7, 11) is 0. The van der Waals surface area contributed by atoms with Gasteiger partial charge in [-0.15, -0.1) is 12.4 Å². The predicted octanol–water partition coefficient (Wildman–Crippen LogP) is 12.3. The molecule has 5 N–H and O–H groups in total. The minimum absolute atomic E-state index is 0. The lowest BCUT2D eigenvalue weighted by Gasteiger charge is -2.18. The number of nitrogens with one attached hydrogen (secondary N) is 5. The average Bonchev–Trinajstić information content (AvgIpc) is 4.17. The van der Waals surface area contributed by atoms with Crippen molar-refractivity contribution in [2.75, 3.05) is 45.8 Å². The molecule has 4 heterocycles. The van der Waals surface area contributed by atoms with Gasteiger partial charge in [-0.25, -0.2) is 17.6 Å². The average molecular weight is 1010 g/mol. The van der Waals surface area contributed by atoms with Gasteiger partial charge in [0.1, 0.15) is 23.3 Å². The zero-order valence-corrected chi connectivity index (χ0v) is 42.0. The maximum Gasteiger partial charge on any atom is 0.295 e. The summed E-state index contributed by atoms with van der Waals surface area (Å²) in [6.07, 6.45) is 10.8. The number of carbonyl (C=O) groups is 4. The Kier molecular flexibility index (Phi) is 24.6. The summed E-state index contributed by atoms with van der Waals surface area (Å²) < 4.78 is 52.0. The largest absolute Gasteiger partial charge is 0.361 e. The Morgan fingerprint density at radius 1 is 0.557 bits per heavy atom. The van der Waals surface area contributed by atoms with Gasteiger partial charge in [-0.2, -0.15) is 0 Å². The van der Waals surface area contributed by atoms with E-state index in [0.717, 1.165) is 67.4 Å². The molecule has 376 valence electrons. The van der Waals surface area contributed by atoms with E-state index in [-0.39, 0.29) is 35.2 Å². The van der Waals surface area contributed by atoms with Crippen LogP contribution in [0.4, 0.5) is 17.6 Å². The molecule has 17 heteroatoms. The number of fused-ring (bicyclic) bond motifs is 4. The third-order valence-corrected chi connectivity index (χ3v) is 11.1. The first-order valence-corrected chi connectivity index (χ1v) is 23.6. The number of aromatic nitrogens is 4. The number of carbonyl (C=O) groups excluding carboxylic acids is 4. The first-order chi connectivity index (χ1) is 33.2. The van der Waals surface area contributed by atoms with Crippen LogP contribution >= 0.6 is 24.0 Å². The molecule has 0 aliphatic heterocycles. The van der Waals surface area contributed by atoms with E-state index in [1.807, 2.05) is 26.1 Å². The molecule has 8 rings (SSSR count). The number of ketones is 2. The van der Waals surface area contributed by atoms with Crippen molar-refractivity contribution in [2.45, 2.75) is 67.2 Å². The van der Waals surface area contributed by atoms with Crippen LogP contribution in [0.5, 0.6) is 0 Å². The molecule has 0 spiro atoms. The smallest absolute Gasteiger partial charge is 0.295 e. The summed E-state index contributed by atoms with van der Waals surface area (Å²) in [5, 5.41) is 4.84. The van der Waals surface area contributed by atoms with Crippen LogP contribution in [0.15, 0.2) is 104 Å². The molecule has 0 saturated carbocycles. The van der Waals surface area contributed by atoms with Crippen molar-refractivity contribution in [3.63, 3.8) is 0 Å². The maximum absolute atomic E-state index is 13.3. The van der Waals surface area contributed by atoms with Gasteiger partial charge in [-0.1, -0.05) is 34.6 Å². The molecule has 0 atom stereocenters. The van der Waals surface area contributed by atoms with Crippen molar-refractivity contribution in [3.05, 3.63) is 144 Å². The van der Waals surface area contributed by atoms with Crippen LogP contribution in [0, 0.1) is 23.3 Å². The standard InChI is InChI=1S/C15H17FN2O2.C15H21FN2.C10H5ClFNO2.C8H6FN.C5H13N.ClH/c1-3-7-18(4-2)15(20)14(19)12-9-17-13-6-5-10(16)8-11(12)13;1-3-8-18(4-2)9-7-12-11-17-15-6-5-13(16)10-14(12)15;11-10(15)9(14)7-4-13-8-2-1-5(12)3-6(7)8;9-7-1-2-8-6(5-7)3-4-10-8;1-3-5-6-4-2;/h5-6,8-9,17H,3-4,7H2,1-2H3;5-6,10-11,17H,3-4,7-9H2,1-2H3;1-4,13H;1-5,10H;6H,3-5H2,1-2H3;1H. The van der Waals surface area contributed by atoms with Gasteiger partial charge in [0.2, 0.25) is 5.78 Å². The molecule has 0 radical (unpaired) electrons. The monoisotopic (exact) mass is 1010 g/mol. The van der Waals surface area contributed by atoms with Crippen LogP contribution in [0.1, 0.15) is 87.1 Å². The van der Waals surface area contributed by atoms with E-state index in [4.69, 9.17) is 11.6 Å². The number of hydrogen-bond acceptors (Lipinski definition) is 6. The molecule has 8 aromatic rings. The number of aromatic amines is 4. The van der Waals surface area contributed by atoms with Crippen molar-refractivity contribution < 1.29 is 36.7 Å². The first kappa shape index (κ1) is 58.1. The highest BCUT2D eigenvalue weighted by Gasteiger charge is 2.24. The van der Waals surface area contributed by atoms with Gasteiger partial charge in [-0.05, 0) is 155 Å². The van der Waals surface area contributed by atoms with Crippen LogP contribution in [0.25, 0.3) is 43.6 Å². The van der Waals surface area contributed by atoms with Crippen molar-refractivity contribution >= 4 is 90.3 Å². The number of H-pyrrole nitrogens is 4. The Morgan fingerprint density at radius 2 is 1.06 bits per heavy atom. The molecule has 4 aromatic heterocycles. The minimum Gasteiger partial charge on any atom is -0.361 e. The Labute approximate surface area is 417 Å². The van der Waals surface area contributed by atoms with Gasteiger partial charge in [0.05, 0.1) is 11.1 Å². The lowest BCUT2D eigenvalue weighted by molar-refractivity contribution is -0.126. The SMILES string of the molecule is CCCN(CC)C(=O)C(=O)c1c[nH]c2ccc(F)cc12.CCCN(CC)CCc1c[nH]c2ccc(F)cc12.CCCNCC.Cl.Fc1ccc2[nH]ccc2c1.O=C(Cl)C(=O)c1c[nH]c2ccc(F)cc12. The highest BCUT2D eigenvalue weighted by Crippen LogP contribution is 2.23. The molecule has 4 aromatic carbocycles. The first-order valence-electron chi connectivity index (χ1n) is 23.2. The lowest BCUT2D eigenvalue weighted by atomic mass is 10.1. The molecule has 0 saturated heterocycles. The van der Waals surface area contributed by atoms with Crippen LogP contribution < -0.4 is 5.32 Å². The highest BCUT2D eigenvalue weighted by molar-refractivity contribution is 6.83. The molecule has 70 heavy (non-hydrogen) atoms. The van der Waals surface area contributed by atoms with E-state index in [9.17, 15) is 36.7 Å². The topological polar surface area (TPSA) is 150 Å². The number of nitrogens with zero attached hydrogens (tertiary/aromatic N) is 2. The normalized spacial score (nSPS) is 10.6. The quantitative estimate of drug-likeness (QED) is 0.0214. The number of hydrogen-bond donors (Lipinski definition) is 5. The van der Waals surface area contributed by atoms with Gasteiger partial charge < -0.3 is 35.1 Å². The Bertz CT molecular complexity index is 2910. The number of rotatable bonds is 16. The van der Waals surface area contributed by atoms with Gasteiger partial charge in [0, 0.05) is 88.0 Å². The van der Waals surface area contributed by atoms with E-state index >= 15 is 0 Å². The number of halogens is 6. The summed E-state index contributed by atoms with van der Waals surface area (Å²) >= 11 is 5.06. The number of likely N-dealkylation sites (N-methyl/N-ethyl adjacent to an activating group) is 2. The highest BCUT2D eigenvalue weighted by atomic mass is 35.5. The summed E-state index contributed by atoms with van der Waals surface area (Å²) in [5.74, 6) is -3.24. The Hall–Kier alpha value is -6.26. The van der Waals surface area contributed by atoms with Crippen LogP contribution in [0.2, 0.25) is 0 Å². The number of benzene rings is 4. The van der Waals surface area contributed by atoms with Crippen molar-refractivity contribution in [1.82, 2.24) is 35.1 Å². The number of amides is 1. The van der Waals surface area contributed by atoms with E-state index in [1.54, 1.807) is 30.5 Å². The maximum atomic E-state index is 13.3. The third kappa shape index (κ3) is 16.7. The molecule has 0 aliphatic carbocycles. The van der Waals surface area contributed by atoms with Crippen LogP contribution in [0.3, 0.4) is 0 Å². The molecule has 11 nitrogen and oxygen atoms in total. The second-order valence-corrected chi connectivity index (χ2v) is 16.2. The van der Waals surface area contributed by atoms with Crippen LogP contribution in [-0.4, -0.2) is 98.3 Å². The van der Waals surface area contributed by atoms with E-state index in [0.29, 0.717) is 34.9 Å². The Balaban J connectivity index is 0.000000241. The zero-order valence-electron chi connectivity index (χ0n) is 40.4. The van der Waals surface area contributed by atoms with E-state index in [1.165, 1.54) is 84.2 Å². The second kappa shape index (κ2) is 29.7. The van der Waals surface area contributed by atoms with Gasteiger partial charge in [-0.3, -0.25) is 19.2 Å². The molecular weight excluding hydrogens is 946 g/mol. The lowest BCUT2D eigenvalue weighted by Crippen LogP contribution is -2.36. The fraction of sp³-hybridized carbons (Fsp3) is 0.321. The van der Waals surface area contributed by atoms with Crippen molar-refractivity contribution in [1.29, 1.82) is 0 Å². The van der Waals surface area contributed by atoms with Gasteiger partial charge in [0.15, 0.2) is 0 Å². The molecular formula is C53H63Cl2F4N7O4. The second-order valence-electron chi connectivity index (χ2n) is 15.9. The predicted molar refractivity (Wildman–Crippen MR) is 277 cm³/mol. The fourth-order valence-corrected chi connectivity index (χ4v) is 7.46. The van der Waals surface area contributed by atoms with E-state index < -0.39 is 34.4 Å². The molecule has 0 unspecified atom stereocenters. The van der Waals surface area contributed by atoms with E-state index in [2.05, 4.69) is 57.8 Å². The summed E-state index contributed by atoms with van der Waals surface area (Å²) in [6.45, 7) is 19.0. The molecule has 0 aliphatic rings. The molecule has 0 fully saturated rings. The molecule has 0 bridgehead atoms. The molecule has 1 amide bonds. The summed E-state index contributed by atoms with van der Waals surface area (Å²) in [6, 6.07) is 19.5. The minimum atomic E-state index is -1.08.